The van der Waals surface area contributed by atoms with Gasteiger partial charge in [-0.05, 0) is 44.2 Å². The molecule has 0 saturated carbocycles. The maximum absolute atomic E-state index is 12.0. The van der Waals surface area contributed by atoms with Crippen molar-refractivity contribution in [2.75, 3.05) is 6.61 Å². The second-order valence-corrected chi connectivity index (χ2v) is 6.14. The van der Waals surface area contributed by atoms with E-state index in [0.717, 1.165) is 25.0 Å². The summed E-state index contributed by atoms with van der Waals surface area (Å²) in [5, 5.41) is 6.78. The topological polar surface area (TPSA) is 50.4 Å². The smallest absolute Gasteiger partial charge is 0.220 e. The van der Waals surface area contributed by atoms with Crippen molar-refractivity contribution in [3.63, 3.8) is 0 Å². The number of halogens is 1. The summed E-state index contributed by atoms with van der Waals surface area (Å²) >= 11 is 0. The summed E-state index contributed by atoms with van der Waals surface area (Å²) < 4.78 is 5.60. The predicted octanol–water partition coefficient (Wildman–Crippen LogP) is 2.67. The molecule has 0 aliphatic carbocycles. The number of carbonyl (C=O) groups excluding carboxylic acids is 1. The maximum atomic E-state index is 12.0. The van der Waals surface area contributed by atoms with E-state index in [1.54, 1.807) is 0 Å². The van der Waals surface area contributed by atoms with Gasteiger partial charge in [0.2, 0.25) is 5.91 Å². The highest BCUT2D eigenvalue weighted by molar-refractivity contribution is 5.85. The molecule has 1 aromatic rings. The number of hydrogen-bond acceptors (Lipinski definition) is 3. The van der Waals surface area contributed by atoms with Crippen molar-refractivity contribution in [1.82, 2.24) is 10.6 Å². The van der Waals surface area contributed by atoms with Gasteiger partial charge in [-0.25, -0.2) is 0 Å². The van der Waals surface area contributed by atoms with Gasteiger partial charge in [-0.1, -0.05) is 18.2 Å². The van der Waals surface area contributed by atoms with Gasteiger partial charge in [0.05, 0.1) is 6.61 Å². The quantitative estimate of drug-likeness (QED) is 0.791. The zero-order valence-corrected chi connectivity index (χ0v) is 13.6. The molecule has 0 aromatic heterocycles. The molecular weight excluding hydrogens is 300 g/mol. The van der Waals surface area contributed by atoms with Crippen LogP contribution in [0.15, 0.2) is 30.3 Å². The van der Waals surface area contributed by atoms with Crippen LogP contribution in [-0.4, -0.2) is 30.6 Å². The van der Waals surface area contributed by atoms with E-state index < -0.39 is 0 Å². The van der Waals surface area contributed by atoms with E-state index >= 15 is 0 Å². The summed E-state index contributed by atoms with van der Waals surface area (Å²) in [6.07, 6.45) is 6.01. The van der Waals surface area contributed by atoms with E-state index in [1.165, 1.54) is 12.8 Å². The third-order valence-corrected chi connectivity index (χ3v) is 4.40. The van der Waals surface area contributed by atoms with Crippen molar-refractivity contribution in [3.8, 4) is 5.75 Å². The number of fused-ring (bicyclic) bond motifs is 2. The molecule has 1 aromatic carbocycles. The number of rotatable bonds is 6. The van der Waals surface area contributed by atoms with Crippen LogP contribution in [0.4, 0.5) is 0 Å². The van der Waals surface area contributed by atoms with E-state index in [0.29, 0.717) is 31.2 Å². The molecule has 2 heterocycles. The van der Waals surface area contributed by atoms with Gasteiger partial charge in [-0.2, -0.15) is 0 Å². The van der Waals surface area contributed by atoms with Crippen molar-refractivity contribution in [2.24, 2.45) is 0 Å². The number of para-hydroxylation sites is 1. The van der Waals surface area contributed by atoms with Crippen LogP contribution in [0, 0.1) is 0 Å². The first-order valence-electron chi connectivity index (χ1n) is 8.03. The molecule has 0 radical (unpaired) electrons. The Morgan fingerprint density at radius 2 is 1.86 bits per heavy atom. The molecule has 2 aliphatic heterocycles. The van der Waals surface area contributed by atoms with Gasteiger partial charge in [0.15, 0.2) is 0 Å². The molecular formula is C17H25ClN2O2. The third-order valence-electron chi connectivity index (χ3n) is 4.40. The predicted molar refractivity (Wildman–Crippen MR) is 89.5 cm³/mol. The van der Waals surface area contributed by atoms with Crippen LogP contribution in [0.2, 0.25) is 0 Å². The summed E-state index contributed by atoms with van der Waals surface area (Å²) in [4.78, 5) is 12.0. The summed E-state index contributed by atoms with van der Waals surface area (Å²) in [5.41, 5.74) is 0. The van der Waals surface area contributed by atoms with Crippen LogP contribution in [0.3, 0.4) is 0 Å². The second-order valence-electron chi connectivity index (χ2n) is 6.14. The Bertz CT molecular complexity index is 457. The average molecular weight is 325 g/mol. The number of benzene rings is 1. The lowest BCUT2D eigenvalue weighted by molar-refractivity contribution is -0.122. The fourth-order valence-electron chi connectivity index (χ4n) is 3.41. The number of nitrogens with one attached hydrogen (secondary N) is 2. The van der Waals surface area contributed by atoms with Gasteiger partial charge in [-0.3, -0.25) is 4.79 Å². The maximum Gasteiger partial charge on any atom is 0.220 e. The van der Waals surface area contributed by atoms with Crippen molar-refractivity contribution >= 4 is 18.3 Å². The first kappa shape index (κ1) is 17.1. The van der Waals surface area contributed by atoms with Crippen LogP contribution in [0.25, 0.3) is 0 Å². The first-order chi connectivity index (χ1) is 10.3. The highest BCUT2D eigenvalue weighted by atomic mass is 35.5. The molecule has 1 amide bonds. The van der Waals surface area contributed by atoms with E-state index in [-0.39, 0.29) is 18.3 Å². The van der Waals surface area contributed by atoms with Gasteiger partial charge in [0.1, 0.15) is 5.75 Å². The molecule has 5 heteroatoms. The molecule has 2 atom stereocenters. The number of carbonyl (C=O) groups is 1. The highest BCUT2D eigenvalue weighted by Crippen LogP contribution is 2.26. The number of amides is 1. The lowest BCUT2D eigenvalue weighted by Gasteiger charge is -2.29. The molecule has 2 aliphatic rings. The van der Waals surface area contributed by atoms with Crippen LogP contribution in [-0.2, 0) is 4.79 Å². The normalized spacial score (nSPS) is 26.1. The second kappa shape index (κ2) is 8.39. The molecule has 122 valence electrons. The molecule has 0 spiro atoms. The van der Waals surface area contributed by atoms with Gasteiger partial charge < -0.3 is 15.4 Å². The van der Waals surface area contributed by atoms with E-state index in [4.69, 9.17) is 4.74 Å². The SMILES string of the molecule is Cl.O=C(CCCOc1ccccc1)NC1CC2CCC(C1)N2. The van der Waals surface area contributed by atoms with E-state index in [1.807, 2.05) is 30.3 Å². The van der Waals surface area contributed by atoms with E-state index in [2.05, 4.69) is 10.6 Å². The highest BCUT2D eigenvalue weighted by Gasteiger charge is 2.33. The lowest BCUT2D eigenvalue weighted by atomic mass is 9.99. The van der Waals surface area contributed by atoms with Crippen LogP contribution in [0.5, 0.6) is 5.75 Å². The van der Waals surface area contributed by atoms with Gasteiger partial charge in [-0.15, -0.1) is 12.4 Å². The molecule has 2 bridgehead atoms. The van der Waals surface area contributed by atoms with Crippen molar-refractivity contribution in [1.29, 1.82) is 0 Å². The monoisotopic (exact) mass is 324 g/mol. The average Bonchev–Trinajstić information content (AvgIpc) is 2.84. The Hall–Kier alpha value is -1.26. The molecule has 2 unspecified atom stereocenters. The molecule has 2 fully saturated rings. The fraction of sp³-hybridized carbons (Fsp3) is 0.588. The van der Waals surface area contributed by atoms with Crippen LogP contribution in [0.1, 0.15) is 38.5 Å². The Balaban J connectivity index is 0.00000176. The third kappa shape index (κ3) is 4.89. The van der Waals surface area contributed by atoms with Crippen LogP contribution >= 0.6 is 12.4 Å². The summed E-state index contributed by atoms with van der Waals surface area (Å²) in [6, 6.07) is 11.3. The van der Waals surface area contributed by atoms with Crippen LogP contribution < -0.4 is 15.4 Å². The van der Waals surface area contributed by atoms with Crippen molar-refractivity contribution in [3.05, 3.63) is 30.3 Å². The summed E-state index contributed by atoms with van der Waals surface area (Å²) in [6.45, 7) is 0.592. The van der Waals surface area contributed by atoms with Gasteiger partial charge in [0, 0.05) is 24.5 Å². The first-order valence-corrected chi connectivity index (χ1v) is 8.03. The zero-order chi connectivity index (χ0) is 14.5. The Morgan fingerprint density at radius 1 is 1.18 bits per heavy atom. The standard InChI is InChI=1S/C17H24N2O2.ClH/c20-17(7-4-10-21-16-5-2-1-3-6-16)19-15-11-13-8-9-14(12-15)18-13;/h1-3,5-6,13-15,18H,4,7-12H2,(H,19,20);1H. The zero-order valence-electron chi connectivity index (χ0n) is 12.8. The Kier molecular flexibility index (Phi) is 6.52. The van der Waals surface area contributed by atoms with Crippen molar-refractivity contribution in [2.45, 2.75) is 56.7 Å². The minimum Gasteiger partial charge on any atom is -0.494 e. The van der Waals surface area contributed by atoms with E-state index in [9.17, 15) is 4.79 Å². The Labute approximate surface area is 138 Å². The molecule has 2 saturated heterocycles. The number of piperidine rings is 1. The number of hydrogen-bond donors (Lipinski definition) is 2. The Morgan fingerprint density at radius 3 is 2.55 bits per heavy atom. The summed E-state index contributed by atoms with van der Waals surface area (Å²) in [7, 11) is 0. The largest absolute Gasteiger partial charge is 0.494 e. The minimum absolute atomic E-state index is 0. The summed E-state index contributed by atoms with van der Waals surface area (Å²) in [5.74, 6) is 1.03. The molecule has 3 rings (SSSR count). The van der Waals surface area contributed by atoms with Gasteiger partial charge >= 0.3 is 0 Å². The van der Waals surface area contributed by atoms with Gasteiger partial charge in [0.25, 0.3) is 0 Å². The van der Waals surface area contributed by atoms with Crippen molar-refractivity contribution < 1.29 is 9.53 Å². The number of ether oxygens (including phenoxy) is 1. The molecule has 4 nitrogen and oxygen atoms in total. The molecule has 22 heavy (non-hydrogen) atoms. The minimum atomic E-state index is 0. The fourth-order valence-corrected chi connectivity index (χ4v) is 3.41. The lowest BCUT2D eigenvalue weighted by Crippen LogP contribution is -2.48. The molecule has 2 N–H and O–H groups in total.